The van der Waals surface area contributed by atoms with Crippen LogP contribution in [0.15, 0.2) is 36.4 Å². The van der Waals surface area contributed by atoms with Crippen LogP contribution in [0.1, 0.15) is 35.2 Å². The molecule has 122 valence electrons. The van der Waals surface area contributed by atoms with Gasteiger partial charge < -0.3 is 14.7 Å². The molecule has 0 radical (unpaired) electrons. The minimum atomic E-state index is -0.898. The fourth-order valence-corrected chi connectivity index (χ4v) is 3.16. The van der Waals surface area contributed by atoms with Crippen molar-refractivity contribution in [3.05, 3.63) is 47.5 Å². The summed E-state index contributed by atoms with van der Waals surface area (Å²) in [5.41, 5.74) is 1.08. The van der Waals surface area contributed by atoms with E-state index in [1.54, 1.807) is 6.07 Å². The summed E-state index contributed by atoms with van der Waals surface area (Å²) in [6.45, 7) is 4.22. The molecule has 0 saturated carbocycles. The van der Waals surface area contributed by atoms with Gasteiger partial charge in [-0.3, -0.25) is 0 Å². The Balaban J connectivity index is 1.64. The van der Waals surface area contributed by atoms with Gasteiger partial charge >= 0.3 is 5.97 Å². The Bertz CT molecular complexity index is 677. The van der Waals surface area contributed by atoms with Gasteiger partial charge in [0.25, 0.3) is 0 Å². The van der Waals surface area contributed by atoms with Crippen molar-refractivity contribution in [2.45, 2.75) is 25.9 Å². The number of carbonyl (C=O) groups is 1. The third-order valence-electron chi connectivity index (χ3n) is 4.46. The van der Waals surface area contributed by atoms with Crippen LogP contribution in [0.3, 0.4) is 0 Å². The Labute approximate surface area is 136 Å². The Morgan fingerprint density at radius 2 is 1.78 bits per heavy atom. The lowest BCUT2D eigenvalue weighted by Crippen LogP contribution is -2.32. The van der Waals surface area contributed by atoms with E-state index in [2.05, 4.69) is 4.90 Å². The molecule has 4 heteroatoms. The zero-order valence-electron chi connectivity index (χ0n) is 13.3. The van der Waals surface area contributed by atoms with Gasteiger partial charge in [-0.25, -0.2) is 4.79 Å². The highest BCUT2D eigenvalue weighted by atomic mass is 16.5. The van der Waals surface area contributed by atoms with Crippen molar-refractivity contribution in [3.8, 4) is 0 Å². The summed E-state index contributed by atoms with van der Waals surface area (Å²) in [6.07, 6.45) is 3.87. The highest BCUT2D eigenvalue weighted by molar-refractivity contribution is 5.96. The van der Waals surface area contributed by atoms with Gasteiger partial charge in [-0.1, -0.05) is 30.7 Å². The molecular formula is C19H23NO3. The van der Waals surface area contributed by atoms with Crippen molar-refractivity contribution in [1.29, 1.82) is 0 Å². The maximum Gasteiger partial charge on any atom is 0.336 e. The minimum Gasteiger partial charge on any atom is -0.478 e. The van der Waals surface area contributed by atoms with E-state index in [1.165, 1.54) is 19.3 Å². The SMILES string of the molecule is O=C(O)c1cc2ccccc2cc1COCCN1CCCCC1. The summed E-state index contributed by atoms with van der Waals surface area (Å²) >= 11 is 0. The zero-order valence-corrected chi connectivity index (χ0v) is 13.3. The molecule has 1 saturated heterocycles. The number of nitrogens with zero attached hydrogens (tertiary/aromatic N) is 1. The largest absolute Gasteiger partial charge is 0.478 e. The van der Waals surface area contributed by atoms with E-state index in [9.17, 15) is 9.90 Å². The number of carboxylic acids is 1. The molecule has 4 nitrogen and oxygen atoms in total. The van der Waals surface area contributed by atoms with Gasteiger partial charge in [-0.2, -0.15) is 0 Å². The monoisotopic (exact) mass is 313 g/mol. The van der Waals surface area contributed by atoms with Crippen LogP contribution < -0.4 is 0 Å². The van der Waals surface area contributed by atoms with Crippen LogP contribution in [0.4, 0.5) is 0 Å². The first-order chi connectivity index (χ1) is 11.2. The third-order valence-corrected chi connectivity index (χ3v) is 4.46. The Morgan fingerprint density at radius 1 is 1.09 bits per heavy atom. The van der Waals surface area contributed by atoms with Crippen molar-refractivity contribution in [2.75, 3.05) is 26.2 Å². The Kier molecular flexibility index (Phi) is 5.26. The number of ether oxygens (including phenoxy) is 1. The quantitative estimate of drug-likeness (QED) is 0.829. The Hall–Kier alpha value is -1.91. The van der Waals surface area contributed by atoms with E-state index < -0.39 is 5.97 Å². The highest BCUT2D eigenvalue weighted by Gasteiger charge is 2.13. The van der Waals surface area contributed by atoms with E-state index in [0.29, 0.717) is 18.8 Å². The molecular weight excluding hydrogens is 290 g/mol. The van der Waals surface area contributed by atoms with Crippen molar-refractivity contribution < 1.29 is 14.6 Å². The first-order valence-corrected chi connectivity index (χ1v) is 8.29. The van der Waals surface area contributed by atoms with Crippen LogP contribution in [0, 0.1) is 0 Å². The molecule has 23 heavy (non-hydrogen) atoms. The highest BCUT2D eigenvalue weighted by Crippen LogP contribution is 2.21. The molecule has 1 N–H and O–H groups in total. The molecule has 0 aromatic heterocycles. The third kappa shape index (κ3) is 4.09. The zero-order chi connectivity index (χ0) is 16.1. The van der Waals surface area contributed by atoms with Gasteiger partial charge in [0, 0.05) is 6.54 Å². The number of rotatable bonds is 6. The summed E-state index contributed by atoms with van der Waals surface area (Å²) < 4.78 is 5.76. The molecule has 1 heterocycles. The number of fused-ring (bicyclic) bond motifs is 1. The van der Waals surface area contributed by atoms with Crippen molar-refractivity contribution in [3.63, 3.8) is 0 Å². The average molecular weight is 313 g/mol. The van der Waals surface area contributed by atoms with E-state index >= 15 is 0 Å². The number of piperidine rings is 1. The molecule has 0 bridgehead atoms. The summed E-state index contributed by atoms with van der Waals surface area (Å²) in [5.74, 6) is -0.898. The predicted molar refractivity (Wildman–Crippen MR) is 90.9 cm³/mol. The van der Waals surface area contributed by atoms with Gasteiger partial charge in [0.1, 0.15) is 0 Å². The molecule has 0 amide bonds. The van der Waals surface area contributed by atoms with Gasteiger partial charge in [0.05, 0.1) is 18.8 Å². The smallest absolute Gasteiger partial charge is 0.336 e. The number of carboxylic acid groups (broad SMARTS) is 1. The second-order valence-corrected chi connectivity index (χ2v) is 6.12. The van der Waals surface area contributed by atoms with E-state index in [4.69, 9.17) is 4.74 Å². The first kappa shape index (κ1) is 16.0. The first-order valence-electron chi connectivity index (χ1n) is 8.29. The average Bonchev–Trinajstić information content (AvgIpc) is 2.59. The molecule has 0 aliphatic carbocycles. The van der Waals surface area contributed by atoms with Crippen LogP contribution in [0.25, 0.3) is 10.8 Å². The minimum absolute atomic E-state index is 0.335. The summed E-state index contributed by atoms with van der Waals surface area (Å²) in [5, 5.41) is 11.4. The molecule has 1 fully saturated rings. The topological polar surface area (TPSA) is 49.8 Å². The van der Waals surface area contributed by atoms with Crippen molar-refractivity contribution >= 4 is 16.7 Å². The van der Waals surface area contributed by atoms with Gasteiger partial charge in [0.2, 0.25) is 0 Å². The molecule has 2 aromatic rings. The second-order valence-electron chi connectivity index (χ2n) is 6.12. The van der Waals surface area contributed by atoms with E-state index in [1.807, 2.05) is 30.3 Å². The summed E-state index contributed by atoms with van der Waals surface area (Å²) in [4.78, 5) is 13.9. The molecule has 0 spiro atoms. The number of benzene rings is 2. The van der Waals surface area contributed by atoms with Crippen LogP contribution >= 0.6 is 0 Å². The van der Waals surface area contributed by atoms with Crippen LogP contribution in [-0.4, -0.2) is 42.2 Å². The molecule has 0 atom stereocenters. The van der Waals surface area contributed by atoms with Crippen molar-refractivity contribution in [2.24, 2.45) is 0 Å². The van der Waals surface area contributed by atoms with Crippen LogP contribution in [0.5, 0.6) is 0 Å². The van der Waals surface area contributed by atoms with Crippen LogP contribution in [-0.2, 0) is 11.3 Å². The molecule has 1 aliphatic rings. The molecule has 1 aliphatic heterocycles. The number of hydrogen-bond donors (Lipinski definition) is 1. The van der Waals surface area contributed by atoms with E-state index in [0.717, 1.165) is 36.0 Å². The lowest BCUT2D eigenvalue weighted by atomic mass is 10.0. The Morgan fingerprint density at radius 3 is 2.48 bits per heavy atom. The number of aromatic carboxylic acids is 1. The maximum atomic E-state index is 11.5. The lowest BCUT2D eigenvalue weighted by Gasteiger charge is -2.26. The predicted octanol–water partition coefficient (Wildman–Crippen LogP) is 3.54. The molecule has 3 rings (SSSR count). The molecule has 2 aromatic carbocycles. The fraction of sp³-hybridized carbons (Fsp3) is 0.421. The van der Waals surface area contributed by atoms with Crippen LogP contribution in [0.2, 0.25) is 0 Å². The fourth-order valence-electron chi connectivity index (χ4n) is 3.16. The molecule has 0 unspecified atom stereocenters. The van der Waals surface area contributed by atoms with E-state index in [-0.39, 0.29) is 0 Å². The number of hydrogen-bond acceptors (Lipinski definition) is 3. The normalized spacial score (nSPS) is 15.8. The van der Waals surface area contributed by atoms with Gasteiger partial charge in [-0.05, 0) is 54.4 Å². The lowest BCUT2D eigenvalue weighted by molar-refractivity contribution is 0.0677. The number of likely N-dealkylation sites (tertiary alicyclic amines) is 1. The maximum absolute atomic E-state index is 11.5. The van der Waals surface area contributed by atoms with Gasteiger partial charge in [-0.15, -0.1) is 0 Å². The second kappa shape index (κ2) is 7.57. The van der Waals surface area contributed by atoms with Gasteiger partial charge in [0.15, 0.2) is 0 Å². The standard InChI is InChI=1S/C19H23NO3/c21-19(22)18-13-16-7-3-2-6-15(16)12-17(18)14-23-11-10-20-8-4-1-5-9-20/h2-3,6-7,12-13H,1,4-5,8-11,14H2,(H,21,22). The summed E-state index contributed by atoms with van der Waals surface area (Å²) in [6, 6.07) is 11.5. The van der Waals surface area contributed by atoms with Crippen molar-refractivity contribution in [1.82, 2.24) is 4.90 Å². The summed E-state index contributed by atoms with van der Waals surface area (Å²) in [7, 11) is 0.